The monoisotopic (exact) mass is 517 g/mol. The minimum atomic E-state index is -0.863. The van der Waals surface area contributed by atoms with Gasteiger partial charge in [-0.3, -0.25) is 9.78 Å². The standard InChI is InChI=1S/C31H35NO6/c1-36-27-17-11-23(12-18-27)7-5-3-4-6-22-38-29-20-16-26(32-28(29)19-21-30(33)34)15-10-24-8-13-25(14-9-24)31(35)37-2/h5,7-9,11-14,16-18,20H,3-4,6,10,15,19,21-22H2,1-2H3,(H,33,34)/b7-5+. The molecule has 3 aromatic rings. The van der Waals surface area contributed by atoms with Crippen molar-refractivity contribution in [3.63, 3.8) is 0 Å². The van der Waals surface area contributed by atoms with E-state index >= 15 is 0 Å². The lowest BCUT2D eigenvalue weighted by atomic mass is 10.1. The number of ether oxygens (including phenoxy) is 3. The van der Waals surface area contributed by atoms with Crippen molar-refractivity contribution in [1.29, 1.82) is 0 Å². The van der Waals surface area contributed by atoms with Crippen LogP contribution >= 0.6 is 0 Å². The number of allylic oxidation sites excluding steroid dienone is 1. The Morgan fingerprint density at radius 3 is 2.34 bits per heavy atom. The molecule has 0 fully saturated rings. The number of nitrogens with zero attached hydrogens (tertiary/aromatic N) is 1. The Bertz CT molecular complexity index is 1200. The zero-order valence-corrected chi connectivity index (χ0v) is 22.0. The topological polar surface area (TPSA) is 95.0 Å². The van der Waals surface area contributed by atoms with Gasteiger partial charge in [-0.2, -0.15) is 0 Å². The number of aryl methyl sites for hydroxylation is 3. The van der Waals surface area contributed by atoms with E-state index in [4.69, 9.17) is 24.3 Å². The van der Waals surface area contributed by atoms with Crippen molar-refractivity contribution in [3.05, 3.63) is 94.8 Å². The number of unbranched alkanes of at least 4 members (excludes halogenated alkanes) is 2. The zero-order chi connectivity index (χ0) is 27.2. The molecule has 0 aliphatic rings. The summed E-state index contributed by atoms with van der Waals surface area (Å²) in [4.78, 5) is 27.5. The van der Waals surface area contributed by atoms with Crippen molar-refractivity contribution in [2.45, 2.75) is 44.9 Å². The molecule has 2 aromatic carbocycles. The van der Waals surface area contributed by atoms with E-state index in [1.165, 1.54) is 7.11 Å². The maximum Gasteiger partial charge on any atom is 0.337 e. The molecule has 0 saturated carbocycles. The molecule has 0 aliphatic carbocycles. The number of hydrogen-bond acceptors (Lipinski definition) is 6. The van der Waals surface area contributed by atoms with Crippen LogP contribution in [0.2, 0.25) is 0 Å². The van der Waals surface area contributed by atoms with Crippen LogP contribution in [0, 0.1) is 0 Å². The Hall–Kier alpha value is -4.13. The van der Waals surface area contributed by atoms with Crippen LogP contribution in [0.4, 0.5) is 0 Å². The van der Waals surface area contributed by atoms with Gasteiger partial charge in [-0.1, -0.05) is 36.4 Å². The number of carbonyl (C=O) groups excluding carboxylic acids is 1. The summed E-state index contributed by atoms with van der Waals surface area (Å²) in [6.07, 6.45) is 8.81. The normalized spacial score (nSPS) is 10.9. The third kappa shape index (κ3) is 9.39. The first-order chi connectivity index (χ1) is 18.5. The van der Waals surface area contributed by atoms with Gasteiger partial charge in [0.15, 0.2) is 0 Å². The lowest BCUT2D eigenvalue weighted by Gasteiger charge is -2.12. The number of aromatic nitrogens is 1. The Kier molecular flexibility index (Phi) is 11.4. The SMILES string of the molecule is COC(=O)c1ccc(CCc2ccc(OCCCC/C=C/c3ccc(OC)cc3)c(CCC(=O)O)n2)cc1. The summed E-state index contributed by atoms with van der Waals surface area (Å²) in [6, 6.07) is 19.1. The molecule has 7 nitrogen and oxygen atoms in total. The van der Waals surface area contributed by atoms with Gasteiger partial charge in [-0.25, -0.2) is 4.79 Å². The second-order valence-electron chi connectivity index (χ2n) is 8.85. The highest BCUT2D eigenvalue weighted by atomic mass is 16.5. The third-order valence-corrected chi connectivity index (χ3v) is 6.06. The Morgan fingerprint density at radius 1 is 0.895 bits per heavy atom. The van der Waals surface area contributed by atoms with Crippen molar-refractivity contribution < 1.29 is 28.9 Å². The molecule has 0 spiro atoms. The molecular weight excluding hydrogens is 482 g/mol. The van der Waals surface area contributed by atoms with Crippen LogP contribution in [0.15, 0.2) is 66.7 Å². The average molecular weight is 518 g/mol. The van der Waals surface area contributed by atoms with E-state index in [1.807, 2.05) is 48.5 Å². The Labute approximate surface area is 224 Å². The van der Waals surface area contributed by atoms with E-state index < -0.39 is 5.97 Å². The molecule has 1 heterocycles. The van der Waals surface area contributed by atoms with E-state index in [0.717, 1.165) is 48.3 Å². The van der Waals surface area contributed by atoms with Gasteiger partial charge in [0.1, 0.15) is 11.5 Å². The summed E-state index contributed by atoms with van der Waals surface area (Å²) >= 11 is 0. The van der Waals surface area contributed by atoms with Crippen molar-refractivity contribution >= 4 is 18.0 Å². The lowest BCUT2D eigenvalue weighted by molar-refractivity contribution is -0.136. The summed E-state index contributed by atoms with van der Waals surface area (Å²) in [5.41, 5.74) is 4.27. The number of benzene rings is 2. The quantitative estimate of drug-likeness (QED) is 0.197. The van der Waals surface area contributed by atoms with Crippen LogP contribution in [0.25, 0.3) is 6.08 Å². The van der Waals surface area contributed by atoms with E-state index in [2.05, 4.69) is 12.2 Å². The van der Waals surface area contributed by atoms with Crippen LogP contribution in [0.3, 0.4) is 0 Å². The number of esters is 1. The molecule has 38 heavy (non-hydrogen) atoms. The molecule has 200 valence electrons. The van der Waals surface area contributed by atoms with E-state index in [-0.39, 0.29) is 12.4 Å². The highest BCUT2D eigenvalue weighted by Crippen LogP contribution is 2.21. The smallest absolute Gasteiger partial charge is 0.337 e. The molecule has 0 radical (unpaired) electrons. The second kappa shape index (κ2) is 15.2. The Balaban J connectivity index is 1.49. The number of carboxylic acid groups (broad SMARTS) is 1. The fourth-order valence-electron chi connectivity index (χ4n) is 3.89. The first-order valence-corrected chi connectivity index (χ1v) is 12.8. The van der Waals surface area contributed by atoms with E-state index in [0.29, 0.717) is 36.5 Å². The number of aliphatic carboxylic acids is 1. The summed E-state index contributed by atoms with van der Waals surface area (Å²) < 4.78 is 15.9. The molecule has 0 aliphatic heterocycles. The third-order valence-electron chi connectivity index (χ3n) is 6.06. The number of methoxy groups -OCH3 is 2. The molecule has 0 atom stereocenters. The average Bonchev–Trinajstić information content (AvgIpc) is 2.95. The predicted molar refractivity (Wildman–Crippen MR) is 147 cm³/mol. The highest BCUT2D eigenvalue weighted by Gasteiger charge is 2.11. The maximum atomic E-state index is 11.6. The van der Waals surface area contributed by atoms with Crippen molar-refractivity contribution in [2.24, 2.45) is 0 Å². The predicted octanol–water partition coefficient (Wildman–Crippen LogP) is 5.94. The van der Waals surface area contributed by atoms with Crippen LogP contribution in [0.5, 0.6) is 11.5 Å². The molecule has 0 saturated heterocycles. The largest absolute Gasteiger partial charge is 0.497 e. The molecule has 0 amide bonds. The van der Waals surface area contributed by atoms with Gasteiger partial charge in [0.2, 0.25) is 0 Å². The Morgan fingerprint density at radius 2 is 1.66 bits per heavy atom. The van der Waals surface area contributed by atoms with E-state index in [1.54, 1.807) is 19.2 Å². The van der Waals surface area contributed by atoms with Gasteiger partial charge in [0.25, 0.3) is 0 Å². The second-order valence-corrected chi connectivity index (χ2v) is 8.85. The van der Waals surface area contributed by atoms with Gasteiger partial charge in [0.05, 0.1) is 38.5 Å². The fourth-order valence-corrected chi connectivity index (χ4v) is 3.89. The van der Waals surface area contributed by atoms with Gasteiger partial charge in [0, 0.05) is 12.1 Å². The van der Waals surface area contributed by atoms with Crippen LogP contribution < -0.4 is 9.47 Å². The lowest BCUT2D eigenvalue weighted by Crippen LogP contribution is -2.07. The van der Waals surface area contributed by atoms with Crippen molar-refractivity contribution in [3.8, 4) is 11.5 Å². The van der Waals surface area contributed by atoms with Crippen LogP contribution in [-0.4, -0.2) is 42.9 Å². The minimum absolute atomic E-state index is 0.00203. The van der Waals surface area contributed by atoms with Gasteiger partial charge in [-0.15, -0.1) is 0 Å². The summed E-state index contributed by atoms with van der Waals surface area (Å²) in [5, 5.41) is 9.16. The molecule has 0 unspecified atom stereocenters. The van der Waals surface area contributed by atoms with Gasteiger partial charge in [-0.05, 0) is 79.6 Å². The number of pyridine rings is 1. The van der Waals surface area contributed by atoms with Crippen molar-refractivity contribution in [2.75, 3.05) is 20.8 Å². The minimum Gasteiger partial charge on any atom is -0.497 e. The number of hydrogen-bond donors (Lipinski definition) is 1. The number of carbonyl (C=O) groups is 2. The van der Waals surface area contributed by atoms with Crippen molar-refractivity contribution in [1.82, 2.24) is 4.98 Å². The molecule has 1 aromatic heterocycles. The maximum absolute atomic E-state index is 11.6. The molecule has 3 rings (SSSR count). The first kappa shape index (κ1) is 28.4. The zero-order valence-electron chi connectivity index (χ0n) is 22.0. The molecule has 1 N–H and O–H groups in total. The number of carboxylic acids is 1. The molecular formula is C31H35NO6. The summed E-state index contributed by atoms with van der Waals surface area (Å²) in [5.74, 6) is 0.266. The summed E-state index contributed by atoms with van der Waals surface area (Å²) in [6.45, 7) is 0.546. The van der Waals surface area contributed by atoms with Gasteiger partial charge >= 0.3 is 11.9 Å². The molecule has 0 bridgehead atoms. The first-order valence-electron chi connectivity index (χ1n) is 12.8. The fraction of sp³-hybridized carbons (Fsp3) is 0.323. The van der Waals surface area contributed by atoms with Crippen LogP contribution in [0.1, 0.15) is 58.6 Å². The number of rotatable bonds is 15. The van der Waals surface area contributed by atoms with Crippen LogP contribution in [-0.2, 0) is 28.8 Å². The van der Waals surface area contributed by atoms with E-state index in [9.17, 15) is 9.59 Å². The summed E-state index contributed by atoms with van der Waals surface area (Å²) in [7, 11) is 3.02. The molecule has 7 heteroatoms. The highest BCUT2D eigenvalue weighted by molar-refractivity contribution is 5.89. The van der Waals surface area contributed by atoms with Gasteiger partial charge < -0.3 is 19.3 Å².